The molecule has 0 amide bonds. The number of aromatic hydroxyl groups is 1. The van der Waals surface area contributed by atoms with Crippen molar-refractivity contribution in [3.63, 3.8) is 0 Å². The maximum atomic E-state index is 9.38. The third kappa shape index (κ3) is 3.72. The quantitative estimate of drug-likeness (QED) is 0.836. The molecule has 0 bridgehead atoms. The number of piperidine rings is 1. The predicted molar refractivity (Wildman–Crippen MR) is 70.1 cm³/mol. The largest absolute Gasteiger partial charge is 0.508 e. The summed E-state index contributed by atoms with van der Waals surface area (Å²) in [7, 11) is 0. The van der Waals surface area contributed by atoms with E-state index in [4.69, 9.17) is 0 Å². The Morgan fingerprint density at radius 3 is 2.76 bits per heavy atom. The fourth-order valence-corrected chi connectivity index (χ4v) is 2.38. The fourth-order valence-electron chi connectivity index (χ4n) is 2.38. The Hall–Kier alpha value is -1.06. The van der Waals surface area contributed by atoms with E-state index in [1.54, 1.807) is 6.07 Å². The summed E-state index contributed by atoms with van der Waals surface area (Å²) >= 11 is 0. The molecule has 1 heterocycles. The summed E-state index contributed by atoms with van der Waals surface area (Å²) in [6.07, 6.45) is 2.46. The monoisotopic (exact) mass is 234 g/mol. The molecule has 1 aliphatic heterocycles. The van der Waals surface area contributed by atoms with Crippen molar-refractivity contribution in [1.29, 1.82) is 0 Å². The SMILES string of the molecule is CCN1CCC(NCc2cccc(O)c2)CC1. The van der Waals surface area contributed by atoms with Crippen molar-refractivity contribution in [3.8, 4) is 5.75 Å². The molecule has 3 heteroatoms. The summed E-state index contributed by atoms with van der Waals surface area (Å²) in [6, 6.07) is 8.11. The Morgan fingerprint density at radius 1 is 1.35 bits per heavy atom. The minimum absolute atomic E-state index is 0.352. The summed E-state index contributed by atoms with van der Waals surface area (Å²) in [4.78, 5) is 2.49. The summed E-state index contributed by atoms with van der Waals surface area (Å²) in [5, 5.41) is 13.0. The molecule has 1 saturated heterocycles. The average molecular weight is 234 g/mol. The Morgan fingerprint density at radius 2 is 2.12 bits per heavy atom. The molecule has 2 rings (SSSR count). The van der Waals surface area contributed by atoms with Crippen LogP contribution in [0.1, 0.15) is 25.3 Å². The first-order valence-electron chi connectivity index (χ1n) is 6.51. The van der Waals surface area contributed by atoms with Gasteiger partial charge in [0.1, 0.15) is 5.75 Å². The van der Waals surface area contributed by atoms with E-state index in [1.807, 2.05) is 18.2 Å². The number of nitrogens with one attached hydrogen (secondary N) is 1. The van der Waals surface area contributed by atoms with Crippen molar-refractivity contribution in [2.24, 2.45) is 0 Å². The zero-order valence-corrected chi connectivity index (χ0v) is 10.5. The summed E-state index contributed by atoms with van der Waals surface area (Å²) in [5.41, 5.74) is 1.16. The van der Waals surface area contributed by atoms with E-state index in [1.165, 1.54) is 32.5 Å². The number of phenols is 1. The van der Waals surface area contributed by atoms with Crippen molar-refractivity contribution < 1.29 is 5.11 Å². The standard InChI is InChI=1S/C14H22N2O/c1-2-16-8-6-13(7-9-16)15-11-12-4-3-5-14(17)10-12/h3-5,10,13,15,17H,2,6-9,11H2,1H3. The lowest BCUT2D eigenvalue weighted by Crippen LogP contribution is -2.42. The number of nitrogens with zero attached hydrogens (tertiary/aromatic N) is 1. The maximum Gasteiger partial charge on any atom is 0.115 e. The lowest BCUT2D eigenvalue weighted by atomic mass is 10.0. The van der Waals surface area contributed by atoms with Gasteiger partial charge in [-0.15, -0.1) is 0 Å². The van der Waals surface area contributed by atoms with Gasteiger partial charge in [0.05, 0.1) is 0 Å². The van der Waals surface area contributed by atoms with Crippen LogP contribution < -0.4 is 5.32 Å². The molecule has 0 atom stereocenters. The third-order valence-electron chi connectivity index (χ3n) is 3.54. The van der Waals surface area contributed by atoms with Crippen molar-refractivity contribution in [2.75, 3.05) is 19.6 Å². The highest BCUT2D eigenvalue weighted by molar-refractivity contribution is 5.26. The first-order valence-corrected chi connectivity index (χ1v) is 6.51. The van der Waals surface area contributed by atoms with Crippen LogP contribution in [-0.4, -0.2) is 35.7 Å². The lowest BCUT2D eigenvalue weighted by Gasteiger charge is -2.31. The summed E-state index contributed by atoms with van der Waals surface area (Å²) in [5.74, 6) is 0.352. The molecule has 0 unspecified atom stereocenters. The molecule has 0 aromatic heterocycles. The number of rotatable bonds is 4. The van der Waals surface area contributed by atoms with Gasteiger partial charge in [-0.1, -0.05) is 19.1 Å². The first-order chi connectivity index (χ1) is 8.28. The van der Waals surface area contributed by atoms with E-state index in [9.17, 15) is 5.11 Å². The molecule has 17 heavy (non-hydrogen) atoms. The highest BCUT2D eigenvalue weighted by atomic mass is 16.3. The molecule has 2 N–H and O–H groups in total. The van der Waals surface area contributed by atoms with Gasteiger partial charge in [-0.3, -0.25) is 0 Å². The number of likely N-dealkylation sites (tertiary alicyclic amines) is 1. The maximum absolute atomic E-state index is 9.38. The minimum atomic E-state index is 0.352. The molecule has 0 saturated carbocycles. The fraction of sp³-hybridized carbons (Fsp3) is 0.571. The molecule has 1 aromatic carbocycles. The van der Waals surface area contributed by atoms with Crippen LogP contribution in [0.5, 0.6) is 5.75 Å². The Bertz CT molecular complexity index is 346. The molecule has 0 radical (unpaired) electrons. The van der Waals surface area contributed by atoms with Crippen LogP contribution in [0, 0.1) is 0 Å². The topological polar surface area (TPSA) is 35.5 Å². The van der Waals surface area contributed by atoms with Crippen LogP contribution in [0.2, 0.25) is 0 Å². The van der Waals surface area contributed by atoms with Crippen LogP contribution >= 0.6 is 0 Å². The summed E-state index contributed by atoms with van der Waals surface area (Å²) < 4.78 is 0. The smallest absolute Gasteiger partial charge is 0.115 e. The molecule has 0 aliphatic carbocycles. The summed E-state index contributed by atoms with van der Waals surface area (Å²) in [6.45, 7) is 6.65. The van der Waals surface area contributed by atoms with Crippen molar-refractivity contribution >= 4 is 0 Å². The highest BCUT2D eigenvalue weighted by Crippen LogP contribution is 2.13. The van der Waals surface area contributed by atoms with Crippen LogP contribution in [0.3, 0.4) is 0 Å². The third-order valence-corrected chi connectivity index (χ3v) is 3.54. The van der Waals surface area contributed by atoms with Gasteiger partial charge in [-0.2, -0.15) is 0 Å². The van der Waals surface area contributed by atoms with E-state index < -0.39 is 0 Å². The van der Waals surface area contributed by atoms with E-state index in [2.05, 4.69) is 17.1 Å². The van der Waals surface area contributed by atoms with Gasteiger partial charge in [-0.05, 0) is 50.2 Å². The predicted octanol–water partition coefficient (Wildman–Crippen LogP) is 1.97. The van der Waals surface area contributed by atoms with Crippen LogP contribution in [0.15, 0.2) is 24.3 Å². The van der Waals surface area contributed by atoms with Crippen molar-refractivity contribution in [3.05, 3.63) is 29.8 Å². The van der Waals surface area contributed by atoms with Gasteiger partial charge < -0.3 is 15.3 Å². The number of hydrogen-bond donors (Lipinski definition) is 2. The van der Waals surface area contributed by atoms with E-state index in [0.717, 1.165) is 12.1 Å². The van der Waals surface area contributed by atoms with E-state index in [0.29, 0.717) is 11.8 Å². The number of benzene rings is 1. The minimum Gasteiger partial charge on any atom is -0.508 e. The Kier molecular flexibility index (Phi) is 4.40. The molecule has 3 nitrogen and oxygen atoms in total. The molecule has 1 fully saturated rings. The van der Waals surface area contributed by atoms with E-state index in [-0.39, 0.29) is 0 Å². The molecule has 1 aliphatic rings. The number of hydrogen-bond acceptors (Lipinski definition) is 3. The van der Waals surface area contributed by atoms with Gasteiger partial charge in [-0.25, -0.2) is 0 Å². The second kappa shape index (κ2) is 6.03. The second-order valence-electron chi connectivity index (χ2n) is 4.76. The van der Waals surface area contributed by atoms with E-state index >= 15 is 0 Å². The average Bonchev–Trinajstić information content (AvgIpc) is 2.37. The normalized spacial score (nSPS) is 18.4. The molecular formula is C14H22N2O. The van der Waals surface area contributed by atoms with Crippen molar-refractivity contribution in [1.82, 2.24) is 10.2 Å². The van der Waals surface area contributed by atoms with Crippen LogP contribution in [0.25, 0.3) is 0 Å². The highest BCUT2D eigenvalue weighted by Gasteiger charge is 2.17. The van der Waals surface area contributed by atoms with Crippen LogP contribution in [0.4, 0.5) is 0 Å². The zero-order valence-electron chi connectivity index (χ0n) is 10.5. The van der Waals surface area contributed by atoms with Gasteiger partial charge in [0, 0.05) is 12.6 Å². The Labute approximate surface area is 103 Å². The molecular weight excluding hydrogens is 212 g/mol. The molecule has 1 aromatic rings. The van der Waals surface area contributed by atoms with Crippen LogP contribution in [-0.2, 0) is 6.54 Å². The molecule has 94 valence electrons. The first kappa shape index (κ1) is 12.4. The van der Waals surface area contributed by atoms with Gasteiger partial charge in [0.15, 0.2) is 0 Å². The van der Waals surface area contributed by atoms with Gasteiger partial charge in [0.25, 0.3) is 0 Å². The second-order valence-corrected chi connectivity index (χ2v) is 4.76. The zero-order chi connectivity index (χ0) is 12.1. The Balaban J connectivity index is 1.76. The van der Waals surface area contributed by atoms with Gasteiger partial charge >= 0.3 is 0 Å². The number of phenolic OH excluding ortho intramolecular Hbond substituents is 1. The van der Waals surface area contributed by atoms with Gasteiger partial charge in [0.2, 0.25) is 0 Å². The lowest BCUT2D eigenvalue weighted by molar-refractivity contribution is 0.206. The van der Waals surface area contributed by atoms with Crippen molar-refractivity contribution in [2.45, 2.75) is 32.4 Å². The molecule has 0 spiro atoms.